The Labute approximate surface area is 95.3 Å². The first-order valence-corrected chi connectivity index (χ1v) is 5.08. The molecule has 0 spiro atoms. The highest BCUT2D eigenvalue weighted by Gasteiger charge is 2.12. The molecule has 1 aromatic carbocycles. The molecule has 88 valence electrons. The summed E-state index contributed by atoms with van der Waals surface area (Å²) in [6.07, 6.45) is 0.329. The monoisotopic (exact) mass is 223 g/mol. The first-order valence-electron chi connectivity index (χ1n) is 5.08. The minimum Gasteiger partial charge on any atom is -0.493 e. The second kappa shape index (κ2) is 5.39. The van der Waals surface area contributed by atoms with Crippen LogP contribution in [0.2, 0.25) is 0 Å². The molecule has 0 aliphatic rings. The molecule has 0 radical (unpaired) electrons. The number of methoxy groups -OCH3 is 2. The molecule has 0 heterocycles. The van der Waals surface area contributed by atoms with Crippen molar-refractivity contribution < 1.29 is 14.3 Å². The van der Waals surface area contributed by atoms with E-state index in [0.717, 1.165) is 5.56 Å². The summed E-state index contributed by atoms with van der Waals surface area (Å²) < 4.78 is 10.3. The third-order valence-corrected chi connectivity index (χ3v) is 2.48. The van der Waals surface area contributed by atoms with Gasteiger partial charge in [-0.1, -0.05) is 13.0 Å². The van der Waals surface area contributed by atoms with Gasteiger partial charge in [-0.2, -0.15) is 0 Å². The summed E-state index contributed by atoms with van der Waals surface area (Å²) in [5, 5.41) is 0. The smallest absolute Gasteiger partial charge is 0.218 e. The molecule has 1 amide bonds. The number of nitrogens with two attached hydrogens (primary N) is 1. The molecule has 0 aliphatic heterocycles. The minimum absolute atomic E-state index is 0.0808. The van der Waals surface area contributed by atoms with Gasteiger partial charge < -0.3 is 15.2 Å². The van der Waals surface area contributed by atoms with Crippen molar-refractivity contribution in [2.24, 2.45) is 5.73 Å². The summed E-state index contributed by atoms with van der Waals surface area (Å²) in [6, 6.07) is 5.60. The van der Waals surface area contributed by atoms with Crippen molar-refractivity contribution in [1.82, 2.24) is 0 Å². The van der Waals surface area contributed by atoms with Crippen molar-refractivity contribution >= 4 is 5.91 Å². The van der Waals surface area contributed by atoms with E-state index >= 15 is 0 Å². The molecule has 0 aliphatic carbocycles. The lowest BCUT2D eigenvalue weighted by atomic mass is 9.97. The first kappa shape index (κ1) is 12.4. The Hall–Kier alpha value is -1.71. The van der Waals surface area contributed by atoms with Gasteiger partial charge >= 0.3 is 0 Å². The zero-order chi connectivity index (χ0) is 12.1. The molecular formula is C12H17NO3. The summed E-state index contributed by atoms with van der Waals surface area (Å²) in [7, 11) is 3.17. The van der Waals surface area contributed by atoms with Gasteiger partial charge in [0.15, 0.2) is 11.5 Å². The predicted octanol–water partition coefficient (Wildman–Crippen LogP) is 1.68. The Kier molecular flexibility index (Phi) is 4.17. The third-order valence-electron chi connectivity index (χ3n) is 2.48. The number of primary amides is 1. The molecular weight excluding hydrogens is 206 g/mol. The first-order chi connectivity index (χ1) is 7.58. The van der Waals surface area contributed by atoms with E-state index in [2.05, 4.69) is 0 Å². The number of hydrogen-bond donors (Lipinski definition) is 1. The van der Waals surface area contributed by atoms with Crippen LogP contribution in [0.15, 0.2) is 18.2 Å². The summed E-state index contributed by atoms with van der Waals surface area (Å²) in [5.74, 6) is 1.12. The third kappa shape index (κ3) is 2.89. The average molecular weight is 223 g/mol. The van der Waals surface area contributed by atoms with Gasteiger partial charge in [-0.05, 0) is 23.6 Å². The average Bonchev–Trinajstić information content (AvgIpc) is 2.27. The molecule has 1 aromatic rings. The maximum atomic E-state index is 10.8. The molecule has 0 fully saturated rings. The van der Waals surface area contributed by atoms with Crippen LogP contribution < -0.4 is 15.2 Å². The van der Waals surface area contributed by atoms with Crippen LogP contribution in [-0.4, -0.2) is 20.1 Å². The SMILES string of the molecule is COc1ccc(C(C)CC(N)=O)cc1OC. The number of carbonyl (C=O) groups excluding carboxylic acids is 1. The van der Waals surface area contributed by atoms with E-state index in [0.29, 0.717) is 17.9 Å². The van der Waals surface area contributed by atoms with Crippen LogP contribution >= 0.6 is 0 Å². The van der Waals surface area contributed by atoms with Gasteiger partial charge in [0.25, 0.3) is 0 Å². The van der Waals surface area contributed by atoms with Gasteiger partial charge in [0.2, 0.25) is 5.91 Å². The van der Waals surface area contributed by atoms with Gasteiger partial charge in [0.1, 0.15) is 0 Å². The Bertz CT molecular complexity index is 377. The van der Waals surface area contributed by atoms with Crippen molar-refractivity contribution in [3.05, 3.63) is 23.8 Å². The summed E-state index contributed by atoms with van der Waals surface area (Å²) in [6.45, 7) is 1.95. The number of amides is 1. The van der Waals surface area contributed by atoms with E-state index in [1.54, 1.807) is 14.2 Å². The molecule has 4 heteroatoms. The van der Waals surface area contributed by atoms with Crippen molar-refractivity contribution in [3.63, 3.8) is 0 Å². The Morgan fingerprint density at radius 3 is 2.44 bits per heavy atom. The number of carbonyl (C=O) groups is 1. The zero-order valence-corrected chi connectivity index (χ0v) is 9.82. The second-order valence-corrected chi connectivity index (χ2v) is 3.69. The number of rotatable bonds is 5. The summed E-state index contributed by atoms with van der Waals surface area (Å²) in [4.78, 5) is 10.8. The molecule has 0 bridgehead atoms. The van der Waals surface area contributed by atoms with E-state index in [9.17, 15) is 4.79 Å². The molecule has 1 atom stereocenters. The fourth-order valence-electron chi connectivity index (χ4n) is 1.58. The Morgan fingerprint density at radius 1 is 1.31 bits per heavy atom. The van der Waals surface area contributed by atoms with E-state index in [4.69, 9.17) is 15.2 Å². The second-order valence-electron chi connectivity index (χ2n) is 3.69. The lowest BCUT2D eigenvalue weighted by Gasteiger charge is -2.13. The fourth-order valence-corrected chi connectivity index (χ4v) is 1.58. The molecule has 2 N–H and O–H groups in total. The zero-order valence-electron chi connectivity index (χ0n) is 9.82. The topological polar surface area (TPSA) is 61.5 Å². The van der Waals surface area contributed by atoms with Crippen LogP contribution in [0.25, 0.3) is 0 Å². The van der Waals surface area contributed by atoms with Gasteiger partial charge in [0.05, 0.1) is 14.2 Å². The molecule has 1 unspecified atom stereocenters. The molecule has 4 nitrogen and oxygen atoms in total. The molecule has 0 saturated heterocycles. The van der Waals surface area contributed by atoms with E-state index in [1.165, 1.54) is 0 Å². The number of ether oxygens (including phenoxy) is 2. The summed E-state index contributed by atoms with van der Waals surface area (Å²) >= 11 is 0. The maximum Gasteiger partial charge on any atom is 0.218 e. The molecule has 0 aromatic heterocycles. The molecule has 16 heavy (non-hydrogen) atoms. The van der Waals surface area contributed by atoms with Crippen LogP contribution in [0, 0.1) is 0 Å². The quantitative estimate of drug-likeness (QED) is 0.826. The lowest BCUT2D eigenvalue weighted by molar-refractivity contribution is -0.118. The van der Waals surface area contributed by atoms with Crippen LogP contribution in [-0.2, 0) is 4.79 Å². The predicted molar refractivity (Wildman–Crippen MR) is 61.8 cm³/mol. The highest BCUT2D eigenvalue weighted by atomic mass is 16.5. The largest absolute Gasteiger partial charge is 0.493 e. The highest BCUT2D eigenvalue weighted by molar-refractivity contribution is 5.74. The van der Waals surface area contributed by atoms with Gasteiger partial charge in [-0.15, -0.1) is 0 Å². The van der Waals surface area contributed by atoms with Crippen molar-refractivity contribution in [2.45, 2.75) is 19.3 Å². The minimum atomic E-state index is -0.303. The standard InChI is InChI=1S/C12H17NO3/c1-8(6-12(13)14)9-4-5-10(15-2)11(7-9)16-3/h4-5,7-8H,6H2,1-3H3,(H2,13,14). The lowest BCUT2D eigenvalue weighted by Crippen LogP contribution is -2.13. The molecule has 1 rings (SSSR count). The van der Waals surface area contributed by atoms with E-state index < -0.39 is 0 Å². The number of benzene rings is 1. The van der Waals surface area contributed by atoms with E-state index in [1.807, 2.05) is 25.1 Å². The van der Waals surface area contributed by atoms with Crippen LogP contribution in [0.3, 0.4) is 0 Å². The normalized spacial score (nSPS) is 11.9. The van der Waals surface area contributed by atoms with Crippen LogP contribution in [0.1, 0.15) is 24.8 Å². The van der Waals surface area contributed by atoms with Crippen molar-refractivity contribution in [1.29, 1.82) is 0 Å². The van der Waals surface area contributed by atoms with Gasteiger partial charge in [-0.3, -0.25) is 4.79 Å². The molecule has 0 saturated carbocycles. The van der Waals surface area contributed by atoms with Crippen molar-refractivity contribution in [2.75, 3.05) is 14.2 Å². The van der Waals surface area contributed by atoms with Crippen LogP contribution in [0.5, 0.6) is 11.5 Å². The van der Waals surface area contributed by atoms with Crippen LogP contribution in [0.4, 0.5) is 0 Å². The highest BCUT2D eigenvalue weighted by Crippen LogP contribution is 2.31. The van der Waals surface area contributed by atoms with Gasteiger partial charge in [-0.25, -0.2) is 0 Å². The van der Waals surface area contributed by atoms with E-state index in [-0.39, 0.29) is 11.8 Å². The Morgan fingerprint density at radius 2 is 1.94 bits per heavy atom. The maximum absolute atomic E-state index is 10.8. The van der Waals surface area contributed by atoms with Crippen molar-refractivity contribution in [3.8, 4) is 11.5 Å². The van der Waals surface area contributed by atoms with Gasteiger partial charge in [0, 0.05) is 6.42 Å². The fraction of sp³-hybridized carbons (Fsp3) is 0.417. The Balaban J connectivity index is 2.93. The number of hydrogen-bond acceptors (Lipinski definition) is 3. The summed E-state index contributed by atoms with van der Waals surface area (Å²) in [5.41, 5.74) is 6.17.